The molecule has 6 nitrogen and oxygen atoms in total. The lowest BCUT2D eigenvalue weighted by Crippen LogP contribution is -2.45. The van der Waals surface area contributed by atoms with Crippen LogP contribution in [0.3, 0.4) is 0 Å². The number of nitrogens with zero attached hydrogens (tertiary/aromatic N) is 1. The Balaban J connectivity index is 2.57. The number of amides is 2. The highest BCUT2D eigenvalue weighted by Crippen LogP contribution is 2.19. The predicted octanol–water partition coefficient (Wildman–Crippen LogP) is -2.04. The summed E-state index contributed by atoms with van der Waals surface area (Å²) in [5.74, 6) is 3.26. The third-order valence-electron chi connectivity index (χ3n) is 2.06. The van der Waals surface area contributed by atoms with Crippen molar-refractivity contribution >= 4 is 11.8 Å². The van der Waals surface area contributed by atoms with Gasteiger partial charge in [0.2, 0.25) is 0 Å². The second kappa shape index (κ2) is 3.31. The quantitative estimate of drug-likeness (QED) is 0.176. The van der Waals surface area contributed by atoms with Crippen LogP contribution in [0.4, 0.5) is 0 Å². The van der Waals surface area contributed by atoms with E-state index in [1.54, 1.807) is 12.3 Å². The summed E-state index contributed by atoms with van der Waals surface area (Å²) in [6.07, 6.45) is 0.483. The number of hydrogen-bond donors (Lipinski definition) is 3. The number of likely N-dealkylation sites (tertiary alicyclic amines) is 1. The number of nitrogens with two attached hydrogens (primary N) is 1. The van der Waals surface area contributed by atoms with Crippen molar-refractivity contribution in [3.8, 4) is 0 Å². The van der Waals surface area contributed by atoms with Gasteiger partial charge < -0.3 is 10.0 Å². The number of rotatable bonds is 0. The Morgan fingerprint density at radius 1 is 1.62 bits per heavy atom. The van der Waals surface area contributed by atoms with Gasteiger partial charge in [-0.1, -0.05) is 0 Å². The topological polar surface area (TPSA) is 95.7 Å². The summed E-state index contributed by atoms with van der Waals surface area (Å²) < 4.78 is 0. The van der Waals surface area contributed by atoms with Crippen LogP contribution in [-0.2, 0) is 9.59 Å². The molecule has 0 aromatic rings. The maximum atomic E-state index is 11.2. The van der Waals surface area contributed by atoms with Crippen molar-refractivity contribution in [2.45, 2.75) is 18.9 Å². The van der Waals surface area contributed by atoms with Crippen LogP contribution in [-0.4, -0.2) is 40.5 Å². The van der Waals surface area contributed by atoms with E-state index in [1.807, 2.05) is 0 Å². The van der Waals surface area contributed by atoms with Gasteiger partial charge in [-0.25, -0.2) is 5.84 Å². The number of nitrogens with one attached hydrogen (secondary N) is 1. The molecule has 0 radical (unpaired) electrons. The monoisotopic (exact) mass is 187 g/mol. The minimum absolute atomic E-state index is 0.180. The highest BCUT2D eigenvalue weighted by Gasteiger charge is 2.35. The average molecular weight is 187 g/mol. The van der Waals surface area contributed by atoms with Crippen molar-refractivity contribution in [3.05, 3.63) is 0 Å². The van der Waals surface area contributed by atoms with Crippen LogP contribution >= 0.6 is 0 Å². The molecule has 1 saturated heterocycles. The lowest BCUT2D eigenvalue weighted by Gasteiger charge is -2.17. The van der Waals surface area contributed by atoms with Crippen LogP contribution in [0.25, 0.3) is 0 Å². The highest BCUT2D eigenvalue weighted by atomic mass is 16.3. The number of hydrogen-bond acceptors (Lipinski definition) is 4. The van der Waals surface area contributed by atoms with Gasteiger partial charge in [0.25, 0.3) is 0 Å². The number of carbonyl (C=O) groups is 2. The Labute approximate surface area is 75.7 Å². The Hall–Kier alpha value is -1.14. The molecule has 1 unspecified atom stereocenters. The summed E-state index contributed by atoms with van der Waals surface area (Å²) in [6, 6.07) is 0. The van der Waals surface area contributed by atoms with Gasteiger partial charge in [0, 0.05) is 13.1 Å². The zero-order chi connectivity index (χ0) is 10.1. The van der Waals surface area contributed by atoms with Crippen LogP contribution < -0.4 is 11.3 Å². The van der Waals surface area contributed by atoms with Crippen molar-refractivity contribution in [3.63, 3.8) is 0 Å². The largest absolute Gasteiger partial charge is 0.388 e. The van der Waals surface area contributed by atoms with Crippen molar-refractivity contribution in [1.29, 1.82) is 0 Å². The minimum atomic E-state index is -0.884. The molecule has 13 heavy (non-hydrogen) atoms. The zero-order valence-corrected chi connectivity index (χ0v) is 7.41. The van der Waals surface area contributed by atoms with E-state index in [2.05, 4.69) is 0 Å². The smallest absolute Gasteiger partial charge is 0.323 e. The van der Waals surface area contributed by atoms with Gasteiger partial charge in [0.1, 0.15) is 0 Å². The van der Waals surface area contributed by atoms with E-state index in [0.29, 0.717) is 13.0 Å². The standard InChI is InChI=1S/C7H13N3O3/c1-7(13)2-3-10(4-7)6(12)5(11)9-8/h13H,2-4,8H2,1H3,(H,9,11). The molecule has 4 N–H and O–H groups in total. The number of β-amino-alcohol motifs (C(OH)–C–C–N with tert-alkyl or cyclic N) is 1. The fourth-order valence-electron chi connectivity index (χ4n) is 1.32. The first-order valence-corrected chi connectivity index (χ1v) is 3.98. The summed E-state index contributed by atoms with van der Waals surface area (Å²) in [5.41, 5.74) is 0.873. The molecule has 0 aromatic carbocycles. The maximum Gasteiger partial charge on any atom is 0.323 e. The van der Waals surface area contributed by atoms with Crippen LogP contribution in [0, 0.1) is 0 Å². The molecule has 0 bridgehead atoms. The van der Waals surface area contributed by atoms with Gasteiger partial charge in [-0.05, 0) is 13.3 Å². The molecule has 1 aliphatic heterocycles. The van der Waals surface area contributed by atoms with Gasteiger partial charge in [0.05, 0.1) is 5.60 Å². The van der Waals surface area contributed by atoms with Crippen molar-refractivity contribution < 1.29 is 14.7 Å². The molecule has 0 saturated carbocycles. The van der Waals surface area contributed by atoms with Gasteiger partial charge in [-0.15, -0.1) is 0 Å². The molecule has 1 heterocycles. The van der Waals surface area contributed by atoms with Gasteiger partial charge in [-0.2, -0.15) is 0 Å². The first-order chi connectivity index (χ1) is 5.96. The second-order valence-electron chi connectivity index (χ2n) is 3.45. The molecule has 74 valence electrons. The van der Waals surface area contributed by atoms with E-state index in [1.165, 1.54) is 4.90 Å². The third kappa shape index (κ3) is 2.16. The first kappa shape index (κ1) is 9.94. The lowest BCUT2D eigenvalue weighted by molar-refractivity contribution is -0.145. The fourth-order valence-corrected chi connectivity index (χ4v) is 1.32. The zero-order valence-electron chi connectivity index (χ0n) is 7.41. The Bertz CT molecular complexity index is 239. The average Bonchev–Trinajstić information content (AvgIpc) is 2.43. The molecule has 1 rings (SSSR count). The Morgan fingerprint density at radius 3 is 2.62 bits per heavy atom. The van der Waals surface area contributed by atoms with Crippen LogP contribution in [0.1, 0.15) is 13.3 Å². The Kier molecular flexibility index (Phi) is 2.53. The van der Waals surface area contributed by atoms with E-state index in [-0.39, 0.29) is 6.54 Å². The maximum absolute atomic E-state index is 11.2. The van der Waals surface area contributed by atoms with Gasteiger partial charge >= 0.3 is 11.8 Å². The first-order valence-electron chi connectivity index (χ1n) is 3.98. The predicted molar refractivity (Wildman–Crippen MR) is 44.2 cm³/mol. The second-order valence-corrected chi connectivity index (χ2v) is 3.45. The highest BCUT2D eigenvalue weighted by molar-refractivity contribution is 6.34. The van der Waals surface area contributed by atoms with E-state index < -0.39 is 17.4 Å². The molecular weight excluding hydrogens is 174 g/mol. The fraction of sp³-hybridized carbons (Fsp3) is 0.714. The normalized spacial score (nSPS) is 27.5. The van der Waals surface area contributed by atoms with E-state index in [4.69, 9.17) is 5.84 Å². The molecule has 2 amide bonds. The summed E-state index contributed by atoms with van der Waals surface area (Å²) in [4.78, 5) is 23.3. The summed E-state index contributed by atoms with van der Waals surface area (Å²) in [6.45, 7) is 2.19. The van der Waals surface area contributed by atoms with Crippen LogP contribution in [0.15, 0.2) is 0 Å². The third-order valence-corrected chi connectivity index (χ3v) is 2.06. The number of carbonyl (C=O) groups excluding carboxylic acids is 2. The minimum Gasteiger partial charge on any atom is -0.388 e. The molecule has 1 fully saturated rings. The van der Waals surface area contributed by atoms with Crippen LogP contribution in [0.2, 0.25) is 0 Å². The molecule has 6 heteroatoms. The molecule has 0 aliphatic carbocycles. The van der Waals surface area contributed by atoms with E-state index in [0.717, 1.165) is 0 Å². The molecular formula is C7H13N3O3. The van der Waals surface area contributed by atoms with Crippen molar-refractivity contribution in [1.82, 2.24) is 10.3 Å². The van der Waals surface area contributed by atoms with E-state index >= 15 is 0 Å². The molecule has 0 aromatic heterocycles. The number of hydrazine groups is 1. The number of aliphatic hydroxyl groups is 1. The van der Waals surface area contributed by atoms with E-state index in [9.17, 15) is 14.7 Å². The summed E-state index contributed by atoms with van der Waals surface area (Å²) >= 11 is 0. The summed E-state index contributed by atoms with van der Waals surface area (Å²) in [5, 5.41) is 9.51. The van der Waals surface area contributed by atoms with Gasteiger partial charge in [-0.3, -0.25) is 15.0 Å². The molecule has 0 spiro atoms. The van der Waals surface area contributed by atoms with Crippen molar-refractivity contribution in [2.24, 2.45) is 5.84 Å². The SMILES string of the molecule is CC1(O)CCN(C(=O)C(=O)NN)C1. The molecule has 1 atom stereocenters. The van der Waals surface area contributed by atoms with Crippen LogP contribution in [0.5, 0.6) is 0 Å². The summed E-state index contributed by atoms with van der Waals surface area (Å²) in [7, 11) is 0. The van der Waals surface area contributed by atoms with Gasteiger partial charge in [0.15, 0.2) is 0 Å². The Morgan fingerprint density at radius 2 is 2.23 bits per heavy atom. The van der Waals surface area contributed by atoms with Crippen molar-refractivity contribution in [2.75, 3.05) is 13.1 Å². The lowest BCUT2D eigenvalue weighted by atomic mass is 10.1. The molecule has 1 aliphatic rings.